The Morgan fingerprint density at radius 3 is 2.44 bits per heavy atom. The van der Waals surface area contributed by atoms with Crippen molar-refractivity contribution in [2.75, 3.05) is 26.6 Å². The Morgan fingerprint density at radius 1 is 0.960 bits per heavy atom. The largest absolute Gasteiger partial charge is 0.493 e. The first-order valence-corrected chi connectivity index (χ1v) is 7.63. The number of pyridine rings is 1. The Morgan fingerprint density at radius 2 is 1.72 bits per heavy atom. The topological polar surface area (TPSA) is 69.7 Å². The summed E-state index contributed by atoms with van der Waals surface area (Å²) in [5.41, 5.74) is 1.80. The minimum atomic E-state index is -0.324. The molecule has 1 aromatic heterocycles. The van der Waals surface area contributed by atoms with E-state index in [9.17, 15) is 4.79 Å². The highest BCUT2D eigenvalue weighted by Crippen LogP contribution is 2.39. The van der Waals surface area contributed by atoms with Crippen molar-refractivity contribution in [1.29, 1.82) is 0 Å². The number of amides is 1. The number of carbonyl (C=O) groups is 1. The normalized spacial score (nSPS) is 10.4. The quantitative estimate of drug-likeness (QED) is 0.771. The van der Waals surface area contributed by atoms with Crippen LogP contribution >= 0.6 is 0 Å². The average molecular weight is 338 g/mol. The van der Waals surface area contributed by atoms with Gasteiger partial charge in [-0.3, -0.25) is 9.78 Å². The van der Waals surface area contributed by atoms with Gasteiger partial charge in [-0.15, -0.1) is 0 Å². The van der Waals surface area contributed by atoms with E-state index in [4.69, 9.17) is 14.2 Å². The van der Waals surface area contributed by atoms with Gasteiger partial charge in [0.1, 0.15) is 0 Å². The molecule has 1 heterocycles. The molecule has 0 spiro atoms. The Kier molecular flexibility index (Phi) is 4.70. The molecular weight excluding hydrogens is 320 g/mol. The number of ether oxygens (including phenoxy) is 3. The first-order chi connectivity index (χ1) is 12.2. The predicted octanol–water partition coefficient (Wildman–Crippen LogP) is 3.51. The monoisotopic (exact) mass is 338 g/mol. The van der Waals surface area contributed by atoms with Crippen molar-refractivity contribution in [2.45, 2.75) is 0 Å². The number of nitrogens with zero attached hydrogens (tertiary/aromatic N) is 1. The van der Waals surface area contributed by atoms with Crippen molar-refractivity contribution in [3.8, 4) is 17.2 Å². The van der Waals surface area contributed by atoms with Crippen LogP contribution in [0.2, 0.25) is 0 Å². The van der Waals surface area contributed by atoms with E-state index in [1.165, 1.54) is 21.3 Å². The van der Waals surface area contributed by atoms with E-state index >= 15 is 0 Å². The molecule has 0 saturated heterocycles. The van der Waals surface area contributed by atoms with Crippen LogP contribution in [0.5, 0.6) is 17.2 Å². The second-order valence-electron chi connectivity index (χ2n) is 5.25. The number of methoxy groups -OCH3 is 3. The molecule has 0 aliphatic heterocycles. The van der Waals surface area contributed by atoms with Gasteiger partial charge >= 0.3 is 0 Å². The van der Waals surface area contributed by atoms with E-state index in [1.807, 2.05) is 30.3 Å². The van der Waals surface area contributed by atoms with Gasteiger partial charge in [0, 0.05) is 5.39 Å². The van der Waals surface area contributed by atoms with Crippen LogP contribution in [0.4, 0.5) is 5.69 Å². The fourth-order valence-corrected chi connectivity index (χ4v) is 2.62. The lowest BCUT2D eigenvalue weighted by atomic mass is 10.1. The first kappa shape index (κ1) is 16.6. The fourth-order valence-electron chi connectivity index (χ4n) is 2.62. The van der Waals surface area contributed by atoms with Gasteiger partial charge in [0.15, 0.2) is 11.5 Å². The van der Waals surface area contributed by atoms with E-state index in [0.29, 0.717) is 28.5 Å². The number of hydrogen-bond donors (Lipinski definition) is 1. The van der Waals surface area contributed by atoms with Gasteiger partial charge < -0.3 is 19.5 Å². The molecule has 25 heavy (non-hydrogen) atoms. The number of nitrogens with one attached hydrogen (secondary N) is 1. The van der Waals surface area contributed by atoms with E-state index in [1.54, 1.807) is 18.3 Å². The molecule has 1 amide bonds. The summed E-state index contributed by atoms with van der Waals surface area (Å²) >= 11 is 0. The lowest BCUT2D eigenvalue weighted by Crippen LogP contribution is -2.14. The van der Waals surface area contributed by atoms with Crippen molar-refractivity contribution < 1.29 is 19.0 Å². The molecule has 6 nitrogen and oxygen atoms in total. The van der Waals surface area contributed by atoms with Gasteiger partial charge in [0.25, 0.3) is 5.91 Å². The van der Waals surface area contributed by atoms with Crippen LogP contribution in [0.15, 0.2) is 48.7 Å². The molecule has 0 saturated carbocycles. The number of hydrogen-bond acceptors (Lipinski definition) is 5. The second kappa shape index (κ2) is 7.09. The minimum absolute atomic E-state index is 0.313. The maximum absolute atomic E-state index is 12.7. The summed E-state index contributed by atoms with van der Waals surface area (Å²) in [7, 11) is 4.50. The second-order valence-corrected chi connectivity index (χ2v) is 5.25. The molecule has 128 valence electrons. The van der Waals surface area contributed by atoms with Crippen LogP contribution in [0, 0.1) is 0 Å². The fraction of sp³-hybridized carbons (Fsp3) is 0.158. The minimum Gasteiger partial charge on any atom is -0.493 e. The van der Waals surface area contributed by atoms with Gasteiger partial charge in [-0.1, -0.05) is 18.2 Å². The summed E-state index contributed by atoms with van der Waals surface area (Å²) in [6.07, 6.45) is 1.62. The Hall–Kier alpha value is -3.28. The van der Waals surface area contributed by atoms with Crippen molar-refractivity contribution in [1.82, 2.24) is 4.98 Å². The number of fused-ring (bicyclic) bond motifs is 1. The number of para-hydroxylation sites is 1. The lowest BCUT2D eigenvalue weighted by molar-refractivity contribution is 0.102. The molecular formula is C19H18N2O4. The van der Waals surface area contributed by atoms with E-state index < -0.39 is 0 Å². The highest BCUT2D eigenvalue weighted by atomic mass is 16.5. The Balaban J connectivity index is 1.94. The van der Waals surface area contributed by atoms with Gasteiger partial charge in [0.2, 0.25) is 5.75 Å². The zero-order chi connectivity index (χ0) is 17.8. The summed E-state index contributed by atoms with van der Waals surface area (Å²) in [5, 5.41) is 3.78. The maximum Gasteiger partial charge on any atom is 0.259 e. The maximum atomic E-state index is 12.7. The molecule has 6 heteroatoms. The Bertz CT molecular complexity index is 924. The molecule has 1 N–H and O–H groups in total. The van der Waals surface area contributed by atoms with Crippen LogP contribution in [-0.2, 0) is 0 Å². The van der Waals surface area contributed by atoms with Gasteiger partial charge in [-0.25, -0.2) is 0 Å². The van der Waals surface area contributed by atoms with Crippen molar-refractivity contribution in [3.63, 3.8) is 0 Å². The molecule has 0 bridgehead atoms. The highest BCUT2D eigenvalue weighted by molar-refractivity contribution is 6.07. The van der Waals surface area contributed by atoms with Crippen LogP contribution in [-0.4, -0.2) is 32.2 Å². The lowest BCUT2D eigenvalue weighted by Gasteiger charge is -2.15. The van der Waals surface area contributed by atoms with Gasteiger partial charge in [0.05, 0.1) is 44.3 Å². The molecule has 3 aromatic rings. The molecule has 0 aliphatic rings. The third-order valence-corrected chi connectivity index (χ3v) is 3.80. The predicted molar refractivity (Wildman–Crippen MR) is 95.8 cm³/mol. The third kappa shape index (κ3) is 3.19. The highest BCUT2D eigenvalue weighted by Gasteiger charge is 2.20. The van der Waals surface area contributed by atoms with E-state index in [-0.39, 0.29) is 5.91 Å². The zero-order valence-corrected chi connectivity index (χ0v) is 14.2. The molecule has 2 aromatic carbocycles. The average Bonchev–Trinajstić information content (AvgIpc) is 2.66. The standard InChI is InChI=1S/C19H18N2O4/c1-23-16-9-8-14(17(24-2)18(16)25-3)19(22)21-13-10-12-6-4-5-7-15(12)20-11-13/h4-11H,1-3H3,(H,21,22). The zero-order valence-electron chi connectivity index (χ0n) is 14.2. The van der Waals surface area contributed by atoms with E-state index in [0.717, 1.165) is 10.9 Å². The number of anilines is 1. The molecule has 0 radical (unpaired) electrons. The molecule has 0 fully saturated rings. The van der Waals surface area contributed by atoms with Crippen molar-refractivity contribution in [3.05, 3.63) is 54.2 Å². The summed E-state index contributed by atoms with van der Waals surface area (Å²) in [6, 6.07) is 12.9. The molecule has 3 rings (SSSR count). The summed E-state index contributed by atoms with van der Waals surface area (Å²) in [5.74, 6) is 0.848. The molecule has 0 aliphatic carbocycles. The smallest absolute Gasteiger partial charge is 0.259 e. The molecule has 0 atom stereocenters. The van der Waals surface area contributed by atoms with Crippen LogP contribution in [0.1, 0.15) is 10.4 Å². The summed E-state index contributed by atoms with van der Waals surface area (Å²) in [4.78, 5) is 17.0. The van der Waals surface area contributed by atoms with Crippen LogP contribution in [0.25, 0.3) is 10.9 Å². The summed E-state index contributed by atoms with van der Waals surface area (Å²) < 4.78 is 15.9. The Labute approximate surface area is 145 Å². The SMILES string of the molecule is COc1ccc(C(=O)Nc2cnc3ccccc3c2)c(OC)c1OC. The summed E-state index contributed by atoms with van der Waals surface area (Å²) in [6.45, 7) is 0. The van der Waals surface area contributed by atoms with Gasteiger partial charge in [-0.05, 0) is 24.3 Å². The number of aromatic nitrogens is 1. The van der Waals surface area contributed by atoms with Crippen molar-refractivity contribution in [2.24, 2.45) is 0 Å². The van der Waals surface area contributed by atoms with E-state index in [2.05, 4.69) is 10.3 Å². The first-order valence-electron chi connectivity index (χ1n) is 7.63. The van der Waals surface area contributed by atoms with Crippen LogP contribution in [0.3, 0.4) is 0 Å². The number of benzene rings is 2. The van der Waals surface area contributed by atoms with Crippen molar-refractivity contribution >= 4 is 22.5 Å². The van der Waals surface area contributed by atoms with Crippen LogP contribution < -0.4 is 19.5 Å². The molecule has 0 unspecified atom stereocenters. The number of carbonyl (C=O) groups excluding carboxylic acids is 1. The number of rotatable bonds is 5. The van der Waals surface area contributed by atoms with Gasteiger partial charge in [-0.2, -0.15) is 0 Å². The third-order valence-electron chi connectivity index (χ3n) is 3.80.